The van der Waals surface area contributed by atoms with E-state index in [0.717, 1.165) is 44.0 Å². The van der Waals surface area contributed by atoms with Crippen LogP contribution in [0.3, 0.4) is 0 Å². The van der Waals surface area contributed by atoms with Crippen LogP contribution in [0.25, 0.3) is 0 Å². The van der Waals surface area contributed by atoms with Gasteiger partial charge in [-0.2, -0.15) is 4.98 Å². The van der Waals surface area contributed by atoms with Crippen LogP contribution >= 0.6 is 0 Å². The Balaban J connectivity index is 1.39. The van der Waals surface area contributed by atoms with Gasteiger partial charge in [-0.25, -0.2) is 0 Å². The second-order valence-corrected chi connectivity index (χ2v) is 6.81. The van der Waals surface area contributed by atoms with Gasteiger partial charge in [0.15, 0.2) is 0 Å². The highest BCUT2D eigenvalue weighted by Crippen LogP contribution is 2.40. The zero-order valence-corrected chi connectivity index (χ0v) is 13.9. The lowest BCUT2D eigenvalue weighted by atomic mass is 9.91. The molecule has 2 aromatic heterocycles. The smallest absolute Gasteiger partial charge is 0.223 e. The molecule has 4 heterocycles. The fraction of sp³-hybridized carbons (Fsp3) is 0.647. The summed E-state index contributed by atoms with van der Waals surface area (Å²) < 4.78 is 17.1. The van der Waals surface area contributed by atoms with E-state index in [4.69, 9.17) is 13.7 Å². The molecule has 2 fully saturated rings. The summed E-state index contributed by atoms with van der Waals surface area (Å²) in [5.41, 5.74) is 1.22. The Bertz CT molecular complexity index is 674. The second-order valence-electron chi connectivity index (χ2n) is 6.81. The van der Waals surface area contributed by atoms with E-state index < -0.39 is 0 Å². The van der Waals surface area contributed by atoms with Crippen molar-refractivity contribution in [2.75, 3.05) is 13.1 Å². The Kier molecular flexibility index (Phi) is 3.73. The first-order chi connectivity index (χ1) is 11.1. The molecule has 3 atom stereocenters. The number of likely N-dealkylation sites (tertiary alicyclic amines) is 1. The van der Waals surface area contributed by atoms with Crippen LogP contribution < -0.4 is 0 Å². The van der Waals surface area contributed by atoms with Crippen molar-refractivity contribution in [1.82, 2.24) is 15.0 Å². The summed E-state index contributed by atoms with van der Waals surface area (Å²) in [6.45, 7) is 8.80. The average Bonchev–Trinajstić information content (AvgIpc) is 3.19. The number of aromatic nitrogens is 2. The van der Waals surface area contributed by atoms with Crippen LogP contribution in [-0.2, 0) is 11.3 Å². The summed E-state index contributed by atoms with van der Waals surface area (Å²) in [5.74, 6) is 3.95. The topological polar surface area (TPSA) is 64.5 Å². The Hall–Kier alpha value is -1.66. The fourth-order valence-corrected chi connectivity index (χ4v) is 3.70. The lowest BCUT2D eigenvalue weighted by molar-refractivity contribution is -0.0139. The molecule has 0 spiro atoms. The number of nitrogens with zero attached hydrogens (tertiary/aromatic N) is 3. The standard InChI is InChI=1S/C17H23N3O3/c1-10-6-14(21-11(10)2)8-20-5-4-13-7-15(22-16(13)9-20)17-18-12(3)23-19-17/h6,13,15-16H,4-5,7-9H2,1-3H3/t13-,15-,16+/m0/s1. The van der Waals surface area contributed by atoms with Gasteiger partial charge in [0.05, 0.1) is 12.6 Å². The summed E-state index contributed by atoms with van der Waals surface area (Å²) >= 11 is 0. The van der Waals surface area contributed by atoms with E-state index in [1.807, 2.05) is 13.8 Å². The SMILES string of the molecule is Cc1nc([C@@H]2C[C@@H]3CCN(Cc4cc(C)c(C)o4)C[C@H]3O2)no1. The minimum Gasteiger partial charge on any atom is -0.465 e. The normalized spacial score (nSPS) is 28.2. The highest BCUT2D eigenvalue weighted by Gasteiger charge is 2.41. The van der Waals surface area contributed by atoms with E-state index in [0.29, 0.717) is 17.6 Å². The van der Waals surface area contributed by atoms with Crippen molar-refractivity contribution in [2.45, 2.75) is 52.4 Å². The van der Waals surface area contributed by atoms with E-state index in [1.165, 1.54) is 5.56 Å². The maximum atomic E-state index is 6.20. The van der Waals surface area contributed by atoms with E-state index in [2.05, 4.69) is 28.0 Å². The Morgan fingerprint density at radius 2 is 2.17 bits per heavy atom. The van der Waals surface area contributed by atoms with Crippen molar-refractivity contribution in [1.29, 1.82) is 0 Å². The van der Waals surface area contributed by atoms with Gasteiger partial charge in [-0.15, -0.1) is 0 Å². The average molecular weight is 317 g/mol. The third-order valence-corrected chi connectivity index (χ3v) is 5.06. The largest absolute Gasteiger partial charge is 0.465 e. The van der Waals surface area contributed by atoms with Crippen LogP contribution in [0.4, 0.5) is 0 Å². The number of hydrogen-bond acceptors (Lipinski definition) is 6. The van der Waals surface area contributed by atoms with Gasteiger partial charge < -0.3 is 13.7 Å². The van der Waals surface area contributed by atoms with Crippen LogP contribution in [0.2, 0.25) is 0 Å². The molecule has 2 aromatic rings. The molecule has 2 aliphatic heterocycles. The first-order valence-electron chi connectivity index (χ1n) is 8.32. The minimum atomic E-state index is -0.0181. The summed E-state index contributed by atoms with van der Waals surface area (Å²) in [5, 5.41) is 4.02. The number of furan rings is 1. The molecule has 0 aromatic carbocycles. The lowest BCUT2D eigenvalue weighted by Gasteiger charge is -2.33. The van der Waals surface area contributed by atoms with E-state index in [1.54, 1.807) is 0 Å². The van der Waals surface area contributed by atoms with Crippen molar-refractivity contribution < 1.29 is 13.7 Å². The maximum Gasteiger partial charge on any atom is 0.223 e. The number of aryl methyl sites for hydroxylation is 3. The third-order valence-electron chi connectivity index (χ3n) is 5.06. The van der Waals surface area contributed by atoms with E-state index >= 15 is 0 Å². The van der Waals surface area contributed by atoms with Crippen molar-refractivity contribution in [2.24, 2.45) is 5.92 Å². The van der Waals surface area contributed by atoms with Gasteiger partial charge in [-0.05, 0) is 50.8 Å². The summed E-state index contributed by atoms with van der Waals surface area (Å²) in [6, 6.07) is 2.14. The molecule has 2 saturated heterocycles. The molecule has 4 rings (SSSR count). The van der Waals surface area contributed by atoms with Gasteiger partial charge in [-0.3, -0.25) is 4.90 Å². The van der Waals surface area contributed by atoms with Crippen molar-refractivity contribution in [3.8, 4) is 0 Å². The first-order valence-corrected chi connectivity index (χ1v) is 8.32. The van der Waals surface area contributed by atoms with Crippen LogP contribution in [-0.4, -0.2) is 34.2 Å². The molecule has 0 radical (unpaired) electrons. The van der Waals surface area contributed by atoms with Gasteiger partial charge in [0.2, 0.25) is 11.7 Å². The Morgan fingerprint density at radius 1 is 1.30 bits per heavy atom. The van der Waals surface area contributed by atoms with Gasteiger partial charge in [-0.1, -0.05) is 5.16 Å². The van der Waals surface area contributed by atoms with Crippen molar-refractivity contribution in [3.63, 3.8) is 0 Å². The van der Waals surface area contributed by atoms with Gasteiger partial charge in [0.1, 0.15) is 17.6 Å². The fourth-order valence-electron chi connectivity index (χ4n) is 3.70. The quantitative estimate of drug-likeness (QED) is 0.867. The molecule has 0 bridgehead atoms. The molecule has 6 nitrogen and oxygen atoms in total. The predicted molar refractivity (Wildman–Crippen MR) is 82.8 cm³/mol. The Morgan fingerprint density at radius 3 is 2.87 bits per heavy atom. The molecule has 0 N–H and O–H groups in total. The highest BCUT2D eigenvalue weighted by molar-refractivity contribution is 5.18. The number of piperidine rings is 1. The van der Waals surface area contributed by atoms with E-state index in [-0.39, 0.29) is 12.2 Å². The number of fused-ring (bicyclic) bond motifs is 1. The molecule has 23 heavy (non-hydrogen) atoms. The molecular formula is C17H23N3O3. The van der Waals surface area contributed by atoms with Gasteiger partial charge in [0.25, 0.3) is 0 Å². The van der Waals surface area contributed by atoms with Crippen LogP contribution in [0.15, 0.2) is 15.0 Å². The maximum absolute atomic E-state index is 6.20. The highest BCUT2D eigenvalue weighted by atomic mass is 16.5. The molecular weight excluding hydrogens is 294 g/mol. The Labute approximate surface area is 135 Å². The summed E-state index contributed by atoms with van der Waals surface area (Å²) in [7, 11) is 0. The molecule has 0 aliphatic carbocycles. The summed E-state index contributed by atoms with van der Waals surface area (Å²) in [6.07, 6.45) is 2.38. The monoisotopic (exact) mass is 317 g/mol. The van der Waals surface area contributed by atoms with Crippen LogP contribution in [0.1, 0.15) is 47.7 Å². The zero-order chi connectivity index (χ0) is 16.0. The first kappa shape index (κ1) is 14.9. The van der Waals surface area contributed by atoms with Crippen molar-refractivity contribution in [3.05, 3.63) is 34.9 Å². The molecule has 0 saturated carbocycles. The van der Waals surface area contributed by atoms with Gasteiger partial charge in [0, 0.05) is 13.5 Å². The lowest BCUT2D eigenvalue weighted by Crippen LogP contribution is -2.41. The van der Waals surface area contributed by atoms with Crippen LogP contribution in [0.5, 0.6) is 0 Å². The molecule has 2 aliphatic rings. The zero-order valence-electron chi connectivity index (χ0n) is 13.9. The molecule has 0 amide bonds. The number of ether oxygens (including phenoxy) is 1. The van der Waals surface area contributed by atoms with Crippen LogP contribution in [0, 0.1) is 26.7 Å². The molecule has 6 heteroatoms. The third kappa shape index (κ3) is 2.93. The summed E-state index contributed by atoms with van der Waals surface area (Å²) in [4.78, 5) is 6.74. The van der Waals surface area contributed by atoms with Gasteiger partial charge >= 0.3 is 0 Å². The number of hydrogen-bond donors (Lipinski definition) is 0. The minimum absolute atomic E-state index is 0.0181. The molecule has 0 unspecified atom stereocenters. The van der Waals surface area contributed by atoms with Crippen molar-refractivity contribution >= 4 is 0 Å². The predicted octanol–water partition coefficient (Wildman–Crippen LogP) is 2.94. The molecule has 124 valence electrons. The van der Waals surface area contributed by atoms with E-state index in [9.17, 15) is 0 Å². The number of rotatable bonds is 3. The second kappa shape index (κ2) is 5.76.